The van der Waals surface area contributed by atoms with Crippen molar-refractivity contribution in [3.05, 3.63) is 90.5 Å². The summed E-state index contributed by atoms with van der Waals surface area (Å²) in [6.45, 7) is 4.74. The van der Waals surface area contributed by atoms with Gasteiger partial charge in [0.25, 0.3) is 0 Å². The molecule has 2 nitrogen and oxygen atoms in total. The van der Waals surface area contributed by atoms with Crippen molar-refractivity contribution < 1.29 is 4.74 Å². The lowest BCUT2D eigenvalue weighted by Crippen LogP contribution is -2.20. The average Bonchev–Trinajstić information content (AvgIpc) is 2.67. The molecule has 0 atom stereocenters. The average molecular weight is 345 g/mol. The van der Waals surface area contributed by atoms with Crippen LogP contribution in [0.5, 0.6) is 0 Å². The second-order valence-corrected chi connectivity index (χ2v) is 7.03. The molecule has 1 aliphatic rings. The van der Waals surface area contributed by atoms with Gasteiger partial charge in [0.15, 0.2) is 0 Å². The Hall–Kier alpha value is -2.65. The highest BCUT2D eigenvalue weighted by Crippen LogP contribution is 2.48. The summed E-state index contributed by atoms with van der Waals surface area (Å²) in [5, 5.41) is 0. The molecule has 1 heterocycles. The predicted molar refractivity (Wildman–Crippen MR) is 105 cm³/mol. The molecular formula is C22H19NOS. The van der Waals surface area contributed by atoms with E-state index in [9.17, 15) is 0 Å². The Bertz CT molecular complexity index is 872. The smallest absolute Gasteiger partial charge is 0.118 e. The van der Waals surface area contributed by atoms with Crippen LogP contribution in [0.4, 0.5) is 11.4 Å². The van der Waals surface area contributed by atoms with E-state index in [1.54, 1.807) is 7.11 Å². The van der Waals surface area contributed by atoms with Gasteiger partial charge >= 0.3 is 0 Å². The van der Waals surface area contributed by atoms with Crippen molar-refractivity contribution >= 4 is 28.9 Å². The molecule has 0 amide bonds. The first-order chi connectivity index (χ1) is 12.3. The Morgan fingerprint density at radius 2 is 1.44 bits per heavy atom. The molecule has 0 spiro atoms. The van der Waals surface area contributed by atoms with Gasteiger partial charge in [0.05, 0.1) is 18.5 Å². The Morgan fingerprint density at radius 1 is 0.880 bits per heavy atom. The Kier molecular flexibility index (Phi) is 4.24. The van der Waals surface area contributed by atoms with E-state index in [4.69, 9.17) is 4.74 Å². The molecule has 0 radical (unpaired) electrons. The zero-order valence-corrected chi connectivity index (χ0v) is 14.9. The summed E-state index contributed by atoms with van der Waals surface area (Å²) in [6, 6.07) is 25.6. The topological polar surface area (TPSA) is 12.5 Å². The monoisotopic (exact) mass is 345 g/mol. The number of anilines is 2. The highest BCUT2D eigenvalue weighted by molar-refractivity contribution is 7.99. The summed E-state index contributed by atoms with van der Waals surface area (Å²) < 4.78 is 5.21. The molecule has 1 aliphatic heterocycles. The van der Waals surface area contributed by atoms with Gasteiger partial charge in [0, 0.05) is 21.9 Å². The van der Waals surface area contributed by atoms with Crippen LogP contribution in [0.3, 0.4) is 0 Å². The SMILES string of the molecule is C=C(OC)c1ccc(CN2c3ccccc3Sc3ccccc32)cc1. The van der Waals surface area contributed by atoms with Gasteiger partial charge in [0.2, 0.25) is 0 Å². The molecule has 0 aromatic heterocycles. The maximum Gasteiger partial charge on any atom is 0.118 e. The van der Waals surface area contributed by atoms with E-state index in [0.29, 0.717) is 5.76 Å². The number of hydrogen-bond donors (Lipinski definition) is 0. The maximum absolute atomic E-state index is 5.21. The van der Waals surface area contributed by atoms with Crippen LogP contribution >= 0.6 is 11.8 Å². The molecular weight excluding hydrogens is 326 g/mol. The molecule has 25 heavy (non-hydrogen) atoms. The number of fused-ring (bicyclic) bond motifs is 2. The van der Waals surface area contributed by atoms with Gasteiger partial charge in [-0.05, 0) is 29.8 Å². The Labute approximate surface area is 152 Å². The molecule has 4 rings (SSSR count). The maximum atomic E-state index is 5.21. The van der Waals surface area contributed by atoms with E-state index in [-0.39, 0.29) is 0 Å². The van der Waals surface area contributed by atoms with E-state index in [1.807, 2.05) is 11.8 Å². The Balaban J connectivity index is 1.69. The number of methoxy groups -OCH3 is 1. The van der Waals surface area contributed by atoms with E-state index < -0.39 is 0 Å². The molecule has 0 saturated carbocycles. The number of nitrogens with zero attached hydrogens (tertiary/aromatic N) is 1. The summed E-state index contributed by atoms with van der Waals surface area (Å²) in [7, 11) is 1.65. The van der Waals surface area contributed by atoms with Crippen molar-refractivity contribution in [2.45, 2.75) is 16.3 Å². The van der Waals surface area contributed by atoms with Crippen molar-refractivity contribution in [2.24, 2.45) is 0 Å². The van der Waals surface area contributed by atoms with E-state index >= 15 is 0 Å². The predicted octanol–water partition coefficient (Wildman–Crippen LogP) is 6.11. The lowest BCUT2D eigenvalue weighted by molar-refractivity contribution is 0.371. The standard InChI is InChI=1S/C22H19NOS/c1-16(24-2)18-13-11-17(12-14-18)15-23-19-7-3-5-9-21(19)25-22-10-6-4-8-20(22)23/h3-14H,1,15H2,2H3. The van der Waals surface area contributed by atoms with E-state index in [2.05, 4.69) is 84.3 Å². The van der Waals surface area contributed by atoms with Crippen molar-refractivity contribution in [3.63, 3.8) is 0 Å². The Morgan fingerprint density at radius 3 is 2.00 bits per heavy atom. The minimum Gasteiger partial charge on any atom is -0.497 e. The number of benzene rings is 3. The quantitative estimate of drug-likeness (QED) is 0.530. The van der Waals surface area contributed by atoms with Gasteiger partial charge in [-0.15, -0.1) is 0 Å². The van der Waals surface area contributed by atoms with Crippen LogP contribution in [0.15, 0.2) is 89.2 Å². The van der Waals surface area contributed by atoms with Crippen LogP contribution in [0.2, 0.25) is 0 Å². The lowest BCUT2D eigenvalue weighted by Gasteiger charge is -2.32. The number of rotatable bonds is 4. The normalized spacial score (nSPS) is 12.3. The van der Waals surface area contributed by atoms with Crippen LogP contribution in [0, 0.1) is 0 Å². The van der Waals surface area contributed by atoms with Gasteiger partial charge in [0.1, 0.15) is 5.76 Å². The third-order valence-corrected chi connectivity index (χ3v) is 5.53. The van der Waals surface area contributed by atoms with E-state index in [1.165, 1.54) is 26.7 Å². The minimum atomic E-state index is 0.691. The van der Waals surface area contributed by atoms with Gasteiger partial charge in [-0.25, -0.2) is 0 Å². The van der Waals surface area contributed by atoms with Crippen LogP contribution in [-0.2, 0) is 11.3 Å². The second kappa shape index (κ2) is 6.69. The van der Waals surface area contributed by atoms with Crippen molar-refractivity contribution in [3.8, 4) is 0 Å². The van der Waals surface area contributed by atoms with Gasteiger partial charge in [-0.2, -0.15) is 0 Å². The van der Waals surface area contributed by atoms with Gasteiger partial charge in [-0.1, -0.05) is 66.9 Å². The molecule has 0 unspecified atom stereocenters. The fraction of sp³-hybridized carbons (Fsp3) is 0.0909. The second-order valence-electron chi connectivity index (χ2n) is 5.95. The van der Waals surface area contributed by atoms with Crippen LogP contribution < -0.4 is 4.90 Å². The summed E-state index contributed by atoms with van der Waals surface area (Å²) in [4.78, 5) is 4.98. The molecule has 124 valence electrons. The summed E-state index contributed by atoms with van der Waals surface area (Å²) in [5.74, 6) is 0.691. The molecule has 0 bridgehead atoms. The lowest BCUT2D eigenvalue weighted by atomic mass is 10.1. The molecule has 3 heteroatoms. The summed E-state index contributed by atoms with van der Waals surface area (Å²) in [6.07, 6.45) is 0. The molecule has 0 saturated heterocycles. The van der Waals surface area contributed by atoms with Crippen LogP contribution in [0.25, 0.3) is 5.76 Å². The number of hydrogen-bond acceptors (Lipinski definition) is 3. The highest BCUT2D eigenvalue weighted by atomic mass is 32.2. The van der Waals surface area contributed by atoms with Crippen molar-refractivity contribution in [1.82, 2.24) is 0 Å². The summed E-state index contributed by atoms with van der Waals surface area (Å²) >= 11 is 1.84. The first kappa shape index (κ1) is 15.9. The fourth-order valence-electron chi connectivity index (χ4n) is 3.05. The third-order valence-electron chi connectivity index (χ3n) is 4.40. The van der Waals surface area contributed by atoms with Crippen LogP contribution in [-0.4, -0.2) is 7.11 Å². The first-order valence-corrected chi connectivity index (χ1v) is 9.03. The molecule has 3 aromatic rings. The van der Waals surface area contributed by atoms with Gasteiger partial charge in [-0.3, -0.25) is 0 Å². The third kappa shape index (κ3) is 3.03. The first-order valence-electron chi connectivity index (χ1n) is 8.22. The molecule has 0 fully saturated rings. The summed E-state index contributed by atoms with van der Waals surface area (Å²) in [5.41, 5.74) is 4.79. The minimum absolute atomic E-state index is 0.691. The highest BCUT2D eigenvalue weighted by Gasteiger charge is 2.22. The molecule has 0 aliphatic carbocycles. The molecule has 0 N–H and O–H groups in total. The van der Waals surface area contributed by atoms with Crippen LogP contribution in [0.1, 0.15) is 11.1 Å². The number of ether oxygens (including phenoxy) is 1. The van der Waals surface area contributed by atoms with Crippen molar-refractivity contribution in [1.29, 1.82) is 0 Å². The van der Waals surface area contributed by atoms with E-state index in [0.717, 1.165) is 12.1 Å². The zero-order chi connectivity index (χ0) is 17.2. The van der Waals surface area contributed by atoms with Crippen molar-refractivity contribution in [2.75, 3.05) is 12.0 Å². The van der Waals surface area contributed by atoms with Gasteiger partial charge < -0.3 is 9.64 Å². The largest absolute Gasteiger partial charge is 0.497 e. The number of para-hydroxylation sites is 2. The molecule has 3 aromatic carbocycles. The zero-order valence-electron chi connectivity index (χ0n) is 14.1. The fourth-order valence-corrected chi connectivity index (χ4v) is 4.14.